The molecule has 25 heavy (non-hydrogen) atoms. The summed E-state index contributed by atoms with van der Waals surface area (Å²) in [6, 6.07) is 6.21. The average Bonchev–Trinajstić information content (AvgIpc) is 3.09. The maximum Gasteiger partial charge on any atom is 0.126 e. The Morgan fingerprint density at radius 2 is 2.24 bits per heavy atom. The van der Waals surface area contributed by atoms with E-state index in [0.29, 0.717) is 18.6 Å². The van der Waals surface area contributed by atoms with Crippen LogP contribution >= 0.6 is 0 Å². The van der Waals surface area contributed by atoms with Crippen molar-refractivity contribution in [2.24, 2.45) is 0 Å². The van der Waals surface area contributed by atoms with Crippen molar-refractivity contribution >= 4 is 0 Å². The lowest BCUT2D eigenvalue weighted by Crippen LogP contribution is -2.09. The third-order valence-corrected chi connectivity index (χ3v) is 5.47. The van der Waals surface area contributed by atoms with Crippen LogP contribution in [0.4, 0.5) is 0 Å². The van der Waals surface area contributed by atoms with Gasteiger partial charge in [0.05, 0.1) is 24.9 Å². The molecule has 0 spiro atoms. The maximum absolute atomic E-state index is 5.87. The molecule has 3 nitrogen and oxygen atoms in total. The molecule has 1 saturated heterocycles. The fourth-order valence-electron chi connectivity index (χ4n) is 3.76. The van der Waals surface area contributed by atoms with E-state index in [1.54, 1.807) is 0 Å². The molecule has 0 N–H and O–H groups in total. The minimum atomic E-state index is 0.158. The first-order valence-corrected chi connectivity index (χ1v) is 9.75. The van der Waals surface area contributed by atoms with E-state index in [9.17, 15) is 0 Å². The van der Waals surface area contributed by atoms with Crippen molar-refractivity contribution in [3.8, 4) is 11.5 Å². The van der Waals surface area contributed by atoms with Crippen molar-refractivity contribution in [1.29, 1.82) is 0 Å². The summed E-state index contributed by atoms with van der Waals surface area (Å²) in [6.45, 7) is 10.4. The van der Waals surface area contributed by atoms with Gasteiger partial charge >= 0.3 is 0 Å². The molecule has 3 atom stereocenters. The lowest BCUT2D eigenvalue weighted by Gasteiger charge is -2.07. The van der Waals surface area contributed by atoms with Crippen LogP contribution in [-0.4, -0.2) is 24.9 Å². The molecule has 3 rings (SSSR count). The van der Waals surface area contributed by atoms with Crippen LogP contribution in [0.5, 0.6) is 11.5 Å². The molecule has 0 radical (unpaired) electrons. The number of fused-ring (bicyclic) bond motifs is 1. The molecule has 1 fully saturated rings. The molecule has 2 aliphatic heterocycles. The molecule has 0 saturated carbocycles. The van der Waals surface area contributed by atoms with Crippen LogP contribution in [0.25, 0.3) is 0 Å². The second-order valence-corrected chi connectivity index (χ2v) is 7.81. The van der Waals surface area contributed by atoms with E-state index in [1.807, 2.05) is 6.07 Å². The lowest BCUT2D eigenvalue weighted by molar-refractivity contribution is 0.292. The van der Waals surface area contributed by atoms with Gasteiger partial charge in [-0.3, -0.25) is 0 Å². The molecule has 1 aromatic rings. The molecule has 0 aliphatic carbocycles. The predicted molar refractivity (Wildman–Crippen MR) is 102 cm³/mol. The van der Waals surface area contributed by atoms with Gasteiger partial charge in [0.15, 0.2) is 0 Å². The van der Waals surface area contributed by atoms with Gasteiger partial charge in [-0.25, -0.2) is 0 Å². The van der Waals surface area contributed by atoms with Gasteiger partial charge in [0, 0.05) is 17.5 Å². The largest absolute Gasteiger partial charge is 0.493 e. The van der Waals surface area contributed by atoms with Crippen molar-refractivity contribution in [3.63, 3.8) is 0 Å². The summed E-state index contributed by atoms with van der Waals surface area (Å²) in [7, 11) is 0. The monoisotopic (exact) mass is 344 g/mol. The van der Waals surface area contributed by atoms with Crippen LogP contribution in [0.15, 0.2) is 29.8 Å². The number of epoxide rings is 1. The van der Waals surface area contributed by atoms with E-state index in [1.165, 1.54) is 24.0 Å². The van der Waals surface area contributed by atoms with Gasteiger partial charge in [-0.2, -0.15) is 0 Å². The van der Waals surface area contributed by atoms with Gasteiger partial charge in [0.1, 0.15) is 11.5 Å². The van der Waals surface area contributed by atoms with Gasteiger partial charge in [-0.15, -0.1) is 0 Å². The van der Waals surface area contributed by atoms with Gasteiger partial charge in [-0.1, -0.05) is 38.0 Å². The van der Waals surface area contributed by atoms with E-state index in [0.717, 1.165) is 37.4 Å². The normalized spacial score (nSPS) is 27.8. The lowest BCUT2D eigenvalue weighted by atomic mass is 9.97. The highest BCUT2D eigenvalue weighted by Crippen LogP contribution is 2.43. The van der Waals surface area contributed by atoms with E-state index >= 15 is 0 Å². The van der Waals surface area contributed by atoms with Gasteiger partial charge < -0.3 is 14.2 Å². The smallest absolute Gasteiger partial charge is 0.126 e. The summed E-state index contributed by atoms with van der Waals surface area (Å²) < 4.78 is 17.4. The Kier molecular flexibility index (Phi) is 5.73. The van der Waals surface area contributed by atoms with Crippen molar-refractivity contribution < 1.29 is 14.2 Å². The average molecular weight is 344 g/mol. The number of allylic oxidation sites excluding steroid dienone is 1. The first kappa shape index (κ1) is 18.3. The van der Waals surface area contributed by atoms with Gasteiger partial charge in [0.2, 0.25) is 0 Å². The fourth-order valence-corrected chi connectivity index (χ4v) is 3.76. The SMILES string of the molecule is CCCC1(C)OC1CCC(C)=CCCOc1ccc2c(c1)OCC2C. The van der Waals surface area contributed by atoms with Crippen LogP contribution in [-0.2, 0) is 4.74 Å². The zero-order valence-electron chi connectivity index (χ0n) is 16.1. The van der Waals surface area contributed by atoms with E-state index in [4.69, 9.17) is 14.2 Å². The zero-order chi connectivity index (χ0) is 17.9. The Balaban J connectivity index is 1.36. The first-order chi connectivity index (χ1) is 12.0. The standard InChI is InChI=1S/C22H32O3/c1-5-12-22(4)21(25-22)11-8-16(2)7-6-13-23-18-9-10-19-17(3)15-24-20(19)14-18/h7,9-10,14,17,21H,5-6,8,11-13,15H2,1-4H3. The summed E-state index contributed by atoms with van der Waals surface area (Å²) in [5, 5.41) is 0. The maximum atomic E-state index is 5.87. The topological polar surface area (TPSA) is 31.0 Å². The summed E-state index contributed by atoms with van der Waals surface area (Å²) >= 11 is 0. The van der Waals surface area contributed by atoms with E-state index < -0.39 is 0 Å². The quantitative estimate of drug-likeness (QED) is 0.330. The summed E-state index contributed by atoms with van der Waals surface area (Å²) in [6.07, 6.45) is 8.34. The minimum Gasteiger partial charge on any atom is -0.493 e. The highest BCUT2D eigenvalue weighted by atomic mass is 16.6. The first-order valence-electron chi connectivity index (χ1n) is 9.75. The van der Waals surface area contributed by atoms with Crippen molar-refractivity contribution in [1.82, 2.24) is 0 Å². The number of rotatable bonds is 9. The zero-order valence-corrected chi connectivity index (χ0v) is 16.1. The molecular formula is C22H32O3. The minimum absolute atomic E-state index is 0.158. The van der Waals surface area contributed by atoms with Crippen LogP contribution in [0, 0.1) is 0 Å². The van der Waals surface area contributed by atoms with Crippen molar-refractivity contribution in [3.05, 3.63) is 35.4 Å². The third-order valence-electron chi connectivity index (χ3n) is 5.47. The number of benzene rings is 1. The second kappa shape index (κ2) is 7.82. The number of hydrogen-bond acceptors (Lipinski definition) is 3. The molecular weight excluding hydrogens is 312 g/mol. The van der Waals surface area contributed by atoms with Crippen molar-refractivity contribution in [2.75, 3.05) is 13.2 Å². The summed E-state index contributed by atoms with van der Waals surface area (Å²) in [5.74, 6) is 2.38. The Morgan fingerprint density at radius 3 is 3.04 bits per heavy atom. The van der Waals surface area contributed by atoms with Crippen molar-refractivity contribution in [2.45, 2.75) is 77.4 Å². The number of ether oxygens (including phenoxy) is 3. The molecule has 0 amide bonds. The number of hydrogen-bond donors (Lipinski definition) is 0. The highest BCUT2D eigenvalue weighted by molar-refractivity contribution is 5.44. The summed E-state index contributed by atoms with van der Waals surface area (Å²) in [4.78, 5) is 0. The van der Waals surface area contributed by atoms with Gasteiger partial charge in [0.25, 0.3) is 0 Å². The Morgan fingerprint density at radius 1 is 1.40 bits per heavy atom. The van der Waals surface area contributed by atoms with Gasteiger partial charge in [-0.05, 0) is 45.6 Å². The molecule has 3 unspecified atom stereocenters. The van der Waals surface area contributed by atoms with Crippen LogP contribution in [0.2, 0.25) is 0 Å². The Hall–Kier alpha value is -1.48. The molecule has 1 aromatic carbocycles. The second-order valence-electron chi connectivity index (χ2n) is 7.81. The molecule has 3 heteroatoms. The van der Waals surface area contributed by atoms with Crippen LogP contribution in [0.3, 0.4) is 0 Å². The summed E-state index contributed by atoms with van der Waals surface area (Å²) in [5.41, 5.74) is 2.88. The third kappa shape index (κ3) is 4.58. The van der Waals surface area contributed by atoms with Crippen LogP contribution in [0.1, 0.15) is 71.3 Å². The van der Waals surface area contributed by atoms with E-state index in [2.05, 4.69) is 45.9 Å². The molecule has 2 heterocycles. The molecule has 138 valence electrons. The van der Waals surface area contributed by atoms with E-state index in [-0.39, 0.29) is 5.60 Å². The van der Waals surface area contributed by atoms with Crippen LogP contribution < -0.4 is 9.47 Å². The highest BCUT2D eigenvalue weighted by Gasteiger charge is 2.50. The Bertz CT molecular complexity index is 622. The molecule has 0 aromatic heterocycles. The molecule has 0 bridgehead atoms. The molecule has 2 aliphatic rings. The predicted octanol–water partition coefficient (Wildman–Crippen LogP) is 5.64. The fraction of sp³-hybridized carbons (Fsp3) is 0.636. The Labute approximate surface area is 152 Å².